The first-order valence-corrected chi connectivity index (χ1v) is 9.50. The number of fused-ring (bicyclic) bond motifs is 2. The van der Waals surface area contributed by atoms with Crippen molar-refractivity contribution in [2.24, 2.45) is 0 Å². The molecular formula is C19H23ClN2OS. The summed E-state index contributed by atoms with van der Waals surface area (Å²) >= 11 is 7.94. The van der Waals surface area contributed by atoms with E-state index in [2.05, 4.69) is 47.0 Å². The number of unbranched alkanes of at least 4 members (excludes halogenated alkanes) is 2. The third-order valence-electron chi connectivity index (χ3n) is 4.29. The second-order valence-corrected chi connectivity index (χ2v) is 7.61. The molecule has 2 aromatic rings. The molecule has 2 aromatic carbocycles. The van der Waals surface area contributed by atoms with Crippen molar-refractivity contribution < 1.29 is 5.11 Å². The first-order chi connectivity index (χ1) is 11.7. The van der Waals surface area contributed by atoms with Crippen LogP contribution in [0.15, 0.2) is 47.4 Å². The fraction of sp³-hybridized carbons (Fsp3) is 0.368. The molecule has 0 radical (unpaired) electrons. The van der Waals surface area contributed by atoms with Crippen molar-refractivity contribution in [2.45, 2.75) is 30.2 Å². The molecule has 0 aliphatic carbocycles. The van der Waals surface area contributed by atoms with Crippen LogP contribution in [-0.4, -0.2) is 25.3 Å². The van der Waals surface area contributed by atoms with Crippen molar-refractivity contribution in [3.05, 3.63) is 58.6 Å². The molecule has 3 rings (SSSR count). The Balaban J connectivity index is 1.91. The van der Waals surface area contributed by atoms with E-state index in [1.165, 1.54) is 21.7 Å². The molecule has 1 atom stereocenters. The summed E-state index contributed by atoms with van der Waals surface area (Å²) in [5.41, 5.74) is 3.78. The fourth-order valence-electron chi connectivity index (χ4n) is 3.09. The van der Waals surface area contributed by atoms with Gasteiger partial charge in [0.05, 0.1) is 11.7 Å². The van der Waals surface area contributed by atoms with Crippen molar-refractivity contribution in [1.29, 1.82) is 0 Å². The molecule has 128 valence electrons. The smallest absolute Gasteiger partial charge is 0.0609 e. The maximum absolute atomic E-state index is 8.93. The van der Waals surface area contributed by atoms with Crippen molar-refractivity contribution in [3.8, 4) is 0 Å². The van der Waals surface area contributed by atoms with E-state index in [4.69, 9.17) is 16.7 Å². The number of para-hydroxylation sites is 1. The van der Waals surface area contributed by atoms with Gasteiger partial charge >= 0.3 is 0 Å². The molecule has 2 N–H and O–H groups in total. The normalized spacial score (nSPS) is 16.5. The first kappa shape index (κ1) is 17.6. The number of aliphatic hydroxyl groups is 1. The highest BCUT2D eigenvalue weighted by molar-refractivity contribution is 8.00. The van der Waals surface area contributed by atoms with Crippen LogP contribution in [0.1, 0.15) is 36.4 Å². The molecule has 0 spiro atoms. The lowest BCUT2D eigenvalue weighted by Gasteiger charge is -2.22. The SMILES string of the molecule is CN1Sc2cc(Cl)ccc2C(NCCCCCO)c2ccccc21. The van der Waals surface area contributed by atoms with E-state index in [1.54, 1.807) is 11.9 Å². The summed E-state index contributed by atoms with van der Waals surface area (Å²) in [4.78, 5) is 1.19. The second kappa shape index (κ2) is 8.26. The predicted molar refractivity (Wildman–Crippen MR) is 103 cm³/mol. The molecule has 1 aliphatic heterocycles. The summed E-state index contributed by atoms with van der Waals surface area (Å²) in [5.74, 6) is 0. The lowest BCUT2D eigenvalue weighted by Crippen LogP contribution is -2.24. The standard InChI is InChI=1S/C19H23ClN2OS/c1-22-17-8-4-3-7-15(17)19(21-11-5-2-6-12-23)16-10-9-14(20)13-18(16)24-22/h3-4,7-10,13,19,21,23H,2,5-6,11-12H2,1H3. The Bertz CT molecular complexity index is 695. The lowest BCUT2D eigenvalue weighted by atomic mass is 9.96. The third-order valence-corrected chi connectivity index (χ3v) is 5.55. The molecule has 0 saturated carbocycles. The number of aliphatic hydroxyl groups excluding tert-OH is 1. The first-order valence-electron chi connectivity index (χ1n) is 8.35. The van der Waals surface area contributed by atoms with Crippen LogP contribution in [0.25, 0.3) is 0 Å². The fourth-order valence-corrected chi connectivity index (χ4v) is 4.36. The molecule has 0 bridgehead atoms. The topological polar surface area (TPSA) is 35.5 Å². The van der Waals surface area contributed by atoms with Crippen LogP contribution < -0.4 is 9.62 Å². The Hall–Kier alpha value is -1.20. The minimum Gasteiger partial charge on any atom is -0.396 e. The van der Waals surface area contributed by atoms with Gasteiger partial charge in [0.1, 0.15) is 0 Å². The molecule has 0 saturated heterocycles. The molecule has 24 heavy (non-hydrogen) atoms. The van der Waals surface area contributed by atoms with E-state index >= 15 is 0 Å². The van der Waals surface area contributed by atoms with Crippen LogP contribution in [0.5, 0.6) is 0 Å². The average molecular weight is 363 g/mol. The van der Waals surface area contributed by atoms with Gasteiger partial charge in [0, 0.05) is 23.6 Å². The zero-order chi connectivity index (χ0) is 16.9. The van der Waals surface area contributed by atoms with E-state index in [0.29, 0.717) is 0 Å². The van der Waals surface area contributed by atoms with E-state index in [1.807, 2.05) is 12.1 Å². The van der Waals surface area contributed by atoms with Crippen molar-refractivity contribution in [1.82, 2.24) is 5.32 Å². The zero-order valence-electron chi connectivity index (χ0n) is 13.8. The highest BCUT2D eigenvalue weighted by Crippen LogP contribution is 2.43. The molecule has 1 heterocycles. The van der Waals surface area contributed by atoms with E-state index in [9.17, 15) is 0 Å². The number of nitrogens with zero attached hydrogens (tertiary/aromatic N) is 1. The van der Waals surface area contributed by atoms with Gasteiger partial charge in [0.25, 0.3) is 0 Å². The molecule has 0 amide bonds. The highest BCUT2D eigenvalue weighted by atomic mass is 35.5. The largest absolute Gasteiger partial charge is 0.396 e. The van der Waals surface area contributed by atoms with Crippen molar-refractivity contribution >= 4 is 29.2 Å². The number of halogens is 1. The Morgan fingerprint density at radius 2 is 1.96 bits per heavy atom. The molecule has 1 unspecified atom stereocenters. The van der Waals surface area contributed by atoms with E-state index in [-0.39, 0.29) is 12.6 Å². The monoisotopic (exact) mass is 362 g/mol. The van der Waals surface area contributed by atoms with Crippen LogP contribution in [0.3, 0.4) is 0 Å². The van der Waals surface area contributed by atoms with Crippen molar-refractivity contribution in [3.63, 3.8) is 0 Å². The van der Waals surface area contributed by atoms with Crippen molar-refractivity contribution in [2.75, 3.05) is 24.5 Å². The number of rotatable bonds is 6. The Kier molecular flexibility index (Phi) is 6.06. The molecule has 0 aromatic heterocycles. The molecule has 1 aliphatic rings. The molecular weight excluding hydrogens is 340 g/mol. The lowest BCUT2D eigenvalue weighted by molar-refractivity contribution is 0.282. The maximum Gasteiger partial charge on any atom is 0.0609 e. The summed E-state index contributed by atoms with van der Waals surface area (Å²) in [5, 5.41) is 13.4. The minimum absolute atomic E-state index is 0.153. The maximum atomic E-state index is 8.93. The summed E-state index contributed by atoms with van der Waals surface area (Å²) in [6.07, 6.45) is 2.97. The summed E-state index contributed by atoms with van der Waals surface area (Å²) in [6.45, 7) is 1.20. The summed E-state index contributed by atoms with van der Waals surface area (Å²) < 4.78 is 2.21. The Morgan fingerprint density at radius 1 is 1.12 bits per heavy atom. The third kappa shape index (κ3) is 3.89. The van der Waals surface area contributed by atoms with Gasteiger partial charge in [-0.05, 0) is 67.1 Å². The number of hydrogen-bond donors (Lipinski definition) is 2. The van der Waals surface area contributed by atoms with Gasteiger partial charge in [-0.3, -0.25) is 0 Å². The quantitative estimate of drug-likeness (QED) is 0.579. The molecule has 0 fully saturated rings. The van der Waals surface area contributed by atoms with Crippen LogP contribution in [0.4, 0.5) is 5.69 Å². The van der Waals surface area contributed by atoms with Gasteiger partial charge in [0.2, 0.25) is 0 Å². The number of hydrogen-bond acceptors (Lipinski definition) is 4. The highest BCUT2D eigenvalue weighted by Gasteiger charge is 2.26. The Morgan fingerprint density at radius 3 is 2.79 bits per heavy atom. The van der Waals surface area contributed by atoms with Gasteiger partial charge in [-0.15, -0.1) is 0 Å². The van der Waals surface area contributed by atoms with Crippen LogP contribution in [0.2, 0.25) is 5.02 Å². The van der Waals surface area contributed by atoms with Crippen LogP contribution >= 0.6 is 23.5 Å². The molecule has 5 heteroatoms. The van der Waals surface area contributed by atoms with Gasteiger partial charge in [-0.25, -0.2) is 0 Å². The van der Waals surface area contributed by atoms with Gasteiger partial charge in [-0.1, -0.05) is 35.9 Å². The number of anilines is 1. The van der Waals surface area contributed by atoms with E-state index < -0.39 is 0 Å². The minimum atomic E-state index is 0.153. The molecule has 3 nitrogen and oxygen atoms in total. The van der Waals surface area contributed by atoms with Gasteiger partial charge < -0.3 is 14.7 Å². The zero-order valence-corrected chi connectivity index (χ0v) is 15.4. The van der Waals surface area contributed by atoms with E-state index in [0.717, 1.165) is 30.8 Å². The van der Waals surface area contributed by atoms with Crippen LogP contribution in [-0.2, 0) is 0 Å². The van der Waals surface area contributed by atoms with Gasteiger partial charge in [0.15, 0.2) is 0 Å². The second-order valence-electron chi connectivity index (χ2n) is 6.00. The van der Waals surface area contributed by atoms with Crippen LogP contribution in [0, 0.1) is 0 Å². The van der Waals surface area contributed by atoms with Gasteiger partial charge in [-0.2, -0.15) is 0 Å². The predicted octanol–water partition coefficient (Wildman–Crippen LogP) is 4.64. The average Bonchev–Trinajstić information content (AvgIpc) is 2.69. The summed E-state index contributed by atoms with van der Waals surface area (Å²) in [6, 6.07) is 14.8. The number of benzene rings is 2. The Labute approximate surface area is 153 Å². The number of nitrogens with one attached hydrogen (secondary N) is 1. The summed E-state index contributed by atoms with van der Waals surface area (Å²) in [7, 11) is 2.10.